The summed E-state index contributed by atoms with van der Waals surface area (Å²) in [5.74, 6) is 0. The van der Waals surface area contributed by atoms with Gasteiger partial charge >= 0.3 is 0 Å². The van der Waals surface area contributed by atoms with Crippen molar-refractivity contribution in [2.24, 2.45) is 0 Å². The Bertz CT molecular complexity index is 811. The zero-order valence-corrected chi connectivity index (χ0v) is 10.6. The van der Waals surface area contributed by atoms with Gasteiger partial charge < -0.3 is 4.55 Å². The van der Waals surface area contributed by atoms with Crippen molar-refractivity contribution in [1.29, 1.82) is 0 Å². The van der Waals surface area contributed by atoms with Crippen LogP contribution in [0.5, 0.6) is 0 Å². The van der Waals surface area contributed by atoms with Gasteiger partial charge in [-0.25, -0.2) is 8.42 Å². The molecular formula is C7H6N4O6S2. The number of rotatable bonds is 3. The zero-order chi connectivity index (χ0) is 14.3. The van der Waals surface area contributed by atoms with E-state index in [0.717, 1.165) is 29.2 Å². The van der Waals surface area contributed by atoms with Crippen LogP contribution in [-0.2, 0) is 20.2 Å². The molecule has 0 saturated heterocycles. The van der Waals surface area contributed by atoms with E-state index >= 15 is 0 Å². The summed E-state index contributed by atoms with van der Waals surface area (Å²) in [5.41, 5.74) is -0.301. The Kier molecular flexibility index (Phi) is 3.09. The fourth-order valence-corrected chi connectivity index (χ4v) is 3.40. The van der Waals surface area contributed by atoms with Gasteiger partial charge in [0.2, 0.25) is 0 Å². The molecule has 102 valence electrons. The molecule has 0 spiro atoms. The van der Waals surface area contributed by atoms with Crippen LogP contribution in [0.25, 0.3) is 5.69 Å². The minimum Gasteiger partial charge on any atom is -0.744 e. The summed E-state index contributed by atoms with van der Waals surface area (Å²) in [4.78, 5) is -2.10. The van der Waals surface area contributed by atoms with Crippen molar-refractivity contribution in [1.82, 2.24) is 15.5 Å². The van der Waals surface area contributed by atoms with Gasteiger partial charge in [0.15, 0.2) is 10.1 Å². The van der Waals surface area contributed by atoms with E-state index in [0.29, 0.717) is 0 Å². The Morgan fingerprint density at radius 2 is 1.95 bits per heavy atom. The second kappa shape index (κ2) is 4.34. The Hall–Kier alpha value is -1.89. The Morgan fingerprint density at radius 3 is 2.42 bits per heavy atom. The van der Waals surface area contributed by atoms with Crippen LogP contribution in [-0.4, -0.2) is 41.5 Å². The van der Waals surface area contributed by atoms with Crippen LogP contribution >= 0.6 is 0 Å². The first-order valence-electron chi connectivity index (χ1n) is 4.56. The lowest BCUT2D eigenvalue weighted by Crippen LogP contribution is -2.34. The van der Waals surface area contributed by atoms with Crippen molar-refractivity contribution >= 4 is 20.2 Å². The highest BCUT2D eigenvalue weighted by molar-refractivity contribution is 7.89. The minimum atomic E-state index is -5.09. The third kappa shape index (κ3) is 2.60. The Labute approximate surface area is 107 Å². The van der Waals surface area contributed by atoms with E-state index in [1.807, 2.05) is 0 Å². The highest BCUT2D eigenvalue weighted by atomic mass is 32.2. The summed E-state index contributed by atoms with van der Waals surface area (Å²) in [6.07, 6.45) is 1.03. The molecule has 1 aromatic carbocycles. The van der Waals surface area contributed by atoms with Crippen LogP contribution in [0.15, 0.2) is 34.3 Å². The summed E-state index contributed by atoms with van der Waals surface area (Å²) in [7, 11) is -10.0. The van der Waals surface area contributed by atoms with Gasteiger partial charge in [0, 0.05) is 0 Å². The van der Waals surface area contributed by atoms with Crippen LogP contribution in [0.1, 0.15) is 0 Å². The van der Waals surface area contributed by atoms with E-state index < -0.39 is 30.0 Å². The molecule has 0 aliphatic rings. The van der Waals surface area contributed by atoms with Crippen LogP contribution in [0.4, 0.5) is 0 Å². The average Bonchev–Trinajstić information content (AvgIpc) is 2.79. The quantitative estimate of drug-likeness (QED) is 0.498. The Morgan fingerprint density at radius 1 is 1.26 bits per heavy atom. The lowest BCUT2D eigenvalue weighted by atomic mass is 10.3. The van der Waals surface area contributed by atoms with Crippen LogP contribution in [0, 0.1) is 0 Å². The van der Waals surface area contributed by atoms with E-state index in [4.69, 9.17) is 4.55 Å². The number of benzene rings is 1. The second-order valence-corrected chi connectivity index (χ2v) is 6.04. The molecule has 0 aliphatic heterocycles. The molecule has 19 heavy (non-hydrogen) atoms. The molecule has 12 heteroatoms. The van der Waals surface area contributed by atoms with Gasteiger partial charge in [-0.05, 0) is 12.1 Å². The molecule has 0 amide bonds. The fraction of sp³-hybridized carbons (Fsp3) is 0. The lowest BCUT2D eigenvalue weighted by molar-refractivity contribution is -0.662. The first-order chi connectivity index (χ1) is 8.71. The number of aromatic amines is 1. The molecule has 2 rings (SSSR count). The third-order valence-corrected chi connectivity index (χ3v) is 4.08. The molecular weight excluding hydrogens is 300 g/mol. The van der Waals surface area contributed by atoms with Crippen molar-refractivity contribution in [2.45, 2.75) is 9.79 Å². The van der Waals surface area contributed by atoms with Crippen molar-refractivity contribution in [3.63, 3.8) is 0 Å². The molecule has 0 unspecified atom stereocenters. The predicted molar refractivity (Wildman–Crippen MR) is 55.7 cm³/mol. The van der Waals surface area contributed by atoms with Crippen LogP contribution in [0.2, 0.25) is 0 Å². The molecule has 0 fully saturated rings. The van der Waals surface area contributed by atoms with Gasteiger partial charge in [-0.15, -0.1) is 4.68 Å². The van der Waals surface area contributed by atoms with E-state index in [2.05, 4.69) is 15.5 Å². The molecule has 0 atom stereocenters. The van der Waals surface area contributed by atoms with Crippen molar-refractivity contribution in [3.05, 3.63) is 24.5 Å². The smallest absolute Gasteiger partial charge is 0.299 e. The van der Waals surface area contributed by atoms with Gasteiger partial charge in [-0.2, -0.15) is 8.42 Å². The fourth-order valence-electron chi connectivity index (χ4n) is 1.44. The summed E-state index contributed by atoms with van der Waals surface area (Å²) in [5, 5.41) is 8.89. The zero-order valence-electron chi connectivity index (χ0n) is 8.96. The monoisotopic (exact) mass is 306 g/mol. The number of H-pyrrole nitrogens is 1. The molecule has 1 aromatic heterocycles. The minimum absolute atomic E-state index is 0.301. The lowest BCUT2D eigenvalue weighted by Gasteiger charge is -2.12. The first-order valence-corrected chi connectivity index (χ1v) is 7.40. The maximum Gasteiger partial charge on any atom is 0.299 e. The molecule has 0 aliphatic carbocycles. The summed E-state index contributed by atoms with van der Waals surface area (Å²) < 4.78 is 65.8. The second-order valence-electron chi connectivity index (χ2n) is 3.33. The molecule has 0 bridgehead atoms. The highest BCUT2D eigenvalue weighted by Gasteiger charge is 2.27. The normalized spacial score (nSPS) is 12.5. The van der Waals surface area contributed by atoms with Gasteiger partial charge in [0.1, 0.15) is 20.9 Å². The van der Waals surface area contributed by atoms with E-state index in [-0.39, 0.29) is 5.69 Å². The van der Waals surface area contributed by atoms with Gasteiger partial charge in [0.25, 0.3) is 16.4 Å². The topological polar surface area (TPSA) is 157 Å². The van der Waals surface area contributed by atoms with E-state index in [1.54, 1.807) is 0 Å². The first kappa shape index (κ1) is 13.5. The molecule has 2 N–H and O–H groups in total. The van der Waals surface area contributed by atoms with Crippen molar-refractivity contribution in [3.8, 4) is 5.69 Å². The molecule has 10 nitrogen and oxygen atoms in total. The van der Waals surface area contributed by atoms with Crippen LogP contribution in [0.3, 0.4) is 0 Å². The highest BCUT2D eigenvalue weighted by Crippen LogP contribution is 2.24. The number of nitrogens with zero attached hydrogens (tertiary/aromatic N) is 3. The summed E-state index contributed by atoms with van der Waals surface area (Å²) in [6, 6.07) is 3.08. The number of hydrogen-bond donors (Lipinski definition) is 2. The SMILES string of the molecule is O=S(=O)([O-])c1cccc(-[n+]2cnn[nH]2)c1S(=O)(=O)O. The Balaban J connectivity index is 2.92. The van der Waals surface area contributed by atoms with E-state index in [1.165, 1.54) is 0 Å². The number of hydrogen-bond acceptors (Lipinski definition) is 7. The predicted octanol–water partition coefficient (Wildman–Crippen LogP) is -1.77. The maximum atomic E-state index is 11.3. The summed E-state index contributed by atoms with van der Waals surface area (Å²) >= 11 is 0. The maximum absolute atomic E-state index is 11.3. The molecule has 0 saturated carbocycles. The molecule has 1 heterocycles. The number of nitrogens with one attached hydrogen (secondary N) is 1. The largest absolute Gasteiger partial charge is 0.744 e. The number of tetrazole rings is 1. The summed E-state index contributed by atoms with van der Waals surface area (Å²) in [6.45, 7) is 0. The van der Waals surface area contributed by atoms with Crippen molar-refractivity contribution in [2.75, 3.05) is 0 Å². The number of aromatic nitrogens is 4. The van der Waals surface area contributed by atoms with Crippen molar-refractivity contribution < 1.29 is 30.6 Å². The van der Waals surface area contributed by atoms with Gasteiger partial charge in [-0.3, -0.25) is 4.55 Å². The molecule has 0 radical (unpaired) electrons. The van der Waals surface area contributed by atoms with Gasteiger partial charge in [0.05, 0.1) is 4.90 Å². The van der Waals surface area contributed by atoms with Crippen LogP contribution < -0.4 is 4.68 Å². The third-order valence-electron chi connectivity index (χ3n) is 2.12. The van der Waals surface area contributed by atoms with E-state index in [9.17, 15) is 21.4 Å². The average molecular weight is 306 g/mol. The standard InChI is InChI=1S/C7H6N4O6S2/c12-18(13,14)6-3-1-2-5(7(6)19(15,16)17)11-4-8-9-10-11/h1-4H,(H2,12,13,14,15,16,17). The molecule has 2 aromatic rings. The van der Waals surface area contributed by atoms with Gasteiger partial charge in [-0.1, -0.05) is 11.3 Å².